The van der Waals surface area contributed by atoms with Crippen molar-refractivity contribution in [2.24, 2.45) is 0 Å². The molecular formula is C18H22N4O3S. The number of amides is 1. The van der Waals surface area contributed by atoms with Gasteiger partial charge in [-0.25, -0.2) is 8.42 Å². The second-order valence-electron chi connectivity index (χ2n) is 6.89. The number of aromatic nitrogens is 2. The minimum atomic E-state index is -3.10. The Hall–Kier alpha value is -2.19. The summed E-state index contributed by atoms with van der Waals surface area (Å²) in [5.74, 6) is 0.115. The maximum atomic E-state index is 13.0. The molecule has 1 N–H and O–H groups in total. The molecule has 8 heteroatoms. The number of carbonyl (C=O) groups is 1. The lowest BCUT2D eigenvalue weighted by molar-refractivity contribution is 0.0349. The largest absolute Gasteiger partial charge is 0.332 e. The lowest BCUT2D eigenvalue weighted by Gasteiger charge is -2.43. The third-order valence-electron chi connectivity index (χ3n) is 5.40. The Morgan fingerprint density at radius 1 is 1.15 bits per heavy atom. The van der Waals surface area contributed by atoms with Crippen molar-refractivity contribution in [3.8, 4) is 11.3 Å². The first-order chi connectivity index (χ1) is 12.5. The molecule has 26 heavy (non-hydrogen) atoms. The average Bonchev–Trinajstić information content (AvgIpc) is 3.27. The fourth-order valence-corrected chi connectivity index (χ4v) is 6.06. The Morgan fingerprint density at radius 3 is 2.54 bits per heavy atom. The number of aromatic amines is 1. The van der Waals surface area contributed by atoms with Gasteiger partial charge in [-0.15, -0.1) is 0 Å². The van der Waals surface area contributed by atoms with Crippen molar-refractivity contribution in [2.75, 3.05) is 31.1 Å². The lowest BCUT2D eigenvalue weighted by Crippen LogP contribution is -2.60. The van der Waals surface area contributed by atoms with Crippen molar-refractivity contribution in [1.82, 2.24) is 20.0 Å². The Kier molecular flexibility index (Phi) is 4.32. The summed E-state index contributed by atoms with van der Waals surface area (Å²) in [5.41, 5.74) is 2.43. The molecule has 3 heterocycles. The fraction of sp³-hybridized carbons (Fsp3) is 0.444. The van der Waals surface area contributed by atoms with Gasteiger partial charge in [0, 0.05) is 30.9 Å². The summed E-state index contributed by atoms with van der Waals surface area (Å²) < 4.78 is 24.3. The first kappa shape index (κ1) is 17.2. The molecule has 2 saturated heterocycles. The molecule has 2 fully saturated rings. The molecule has 4 rings (SSSR count). The van der Waals surface area contributed by atoms with Crippen molar-refractivity contribution < 1.29 is 13.2 Å². The van der Waals surface area contributed by atoms with Crippen LogP contribution in [0.3, 0.4) is 0 Å². The number of likely N-dealkylation sites (N-methyl/N-ethyl adjacent to an activating group) is 1. The maximum Gasteiger partial charge on any atom is 0.254 e. The van der Waals surface area contributed by atoms with E-state index in [1.165, 1.54) is 0 Å². The molecular weight excluding hydrogens is 352 g/mol. The van der Waals surface area contributed by atoms with E-state index in [-0.39, 0.29) is 29.5 Å². The van der Waals surface area contributed by atoms with E-state index in [9.17, 15) is 13.2 Å². The summed E-state index contributed by atoms with van der Waals surface area (Å²) >= 11 is 0. The minimum Gasteiger partial charge on any atom is -0.332 e. The molecule has 138 valence electrons. The minimum absolute atomic E-state index is 0.0616. The maximum absolute atomic E-state index is 13.0. The van der Waals surface area contributed by atoms with Gasteiger partial charge in [-0.2, -0.15) is 5.10 Å². The first-order valence-electron chi connectivity index (χ1n) is 8.84. The number of nitrogens with one attached hydrogen (secondary N) is 1. The van der Waals surface area contributed by atoms with Crippen molar-refractivity contribution in [3.05, 3.63) is 42.1 Å². The van der Waals surface area contributed by atoms with E-state index in [0.29, 0.717) is 18.7 Å². The van der Waals surface area contributed by atoms with Crippen LogP contribution in [0.5, 0.6) is 0 Å². The summed E-state index contributed by atoms with van der Waals surface area (Å²) in [6.45, 7) is 4.11. The van der Waals surface area contributed by atoms with Crippen molar-refractivity contribution in [1.29, 1.82) is 0 Å². The van der Waals surface area contributed by atoms with E-state index in [0.717, 1.165) is 17.8 Å². The van der Waals surface area contributed by atoms with Crippen LogP contribution in [0.4, 0.5) is 0 Å². The van der Waals surface area contributed by atoms with Gasteiger partial charge < -0.3 is 4.90 Å². The highest BCUT2D eigenvalue weighted by Gasteiger charge is 2.47. The normalized spacial score (nSPS) is 25.2. The van der Waals surface area contributed by atoms with Gasteiger partial charge in [-0.1, -0.05) is 19.1 Å². The van der Waals surface area contributed by atoms with Crippen molar-refractivity contribution >= 4 is 15.7 Å². The second kappa shape index (κ2) is 6.51. The lowest BCUT2D eigenvalue weighted by atomic mass is 10.0. The van der Waals surface area contributed by atoms with E-state index in [1.807, 2.05) is 25.1 Å². The van der Waals surface area contributed by atoms with Gasteiger partial charge in [-0.05, 0) is 30.3 Å². The van der Waals surface area contributed by atoms with E-state index in [4.69, 9.17) is 0 Å². The molecule has 1 aromatic heterocycles. The molecule has 0 unspecified atom stereocenters. The Labute approximate surface area is 152 Å². The topological polar surface area (TPSA) is 86.4 Å². The van der Waals surface area contributed by atoms with Crippen LogP contribution in [0.1, 0.15) is 17.3 Å². The summed E-state index contributed by atoms with van der Waals surface area (Å²) in [6.07, 6.45) is 1.68. The van der Waals surface area contributed by atoms with Gasteiger partial charge in [0.25, 0.3) is 5.91 Å². The molecule has 2 atom stereocenters. The predicted octanol–water partition coefficient (Wildman–Crippen LogP) is 1.02. The monoisotopic (exact) mass is 374 g/mol. The summed E-state index contributed by atoms with van der Waals surface area (Å²) in [7, 11) is -3.10. The van der Waals surface area contributed by atoms with Crippen LogP contribution < -0.4 is 0 Å². The van der Waals surface area contributed by atoms with Gasteiger partial charge in [0.2, 0.25) is 0 Å². The fourth-order valence-electron chi connectivity index (χ4n) is 4.04. The number of nitrogens with zero attached hydrogens (tertiary/aromatic N) is 3. The van der Waals surface area contributed by atoms with Crippen LogP contribution >= 0.6 is 0 Å². The smallest absolute Gasteiger partial charge is 0.254 e. The number of benzene rings is 1. The number of hydrogen-bond donors (Lipinski definition) is 1. The highest BCUT2D eigenvalue weighted by atomic mass is 32.2. The van der Waals surface area contributed by atoms with E-state index < -0.39 is 9.84 Å². The summed E-state index contributed by atoms with van der Waals surface area (Å²) in [5, 5.41) is 6.83. The Bertz CT molecular complexity index is 893. The number of H-pyrrole nitrogens is 1. The number of hydrogen-bond acceptors (Lipinski definition) is 5. The molecule has 0 radical (unpaired) electrons. The number of carbonyl (C=O) groups excluding carboxylic acids is 1. The number of piperazine rings is 1. The van der Waals surface area contributed by atoms with Gasteiger partial charge in [0.05, 0.1) is 23.2 Å². The zero-order chi connectivity index (χ0) is 18.3. The highest BCUT2D eigenvalue weighted by molar-refractivity contribution is 7.91. The first-order valence-corrected chi connectivity index (χ1v) is 10.7. The SMILES string of the molecule is CCN1CCN(C(=O)c2ccc(-c3ccn[nH]3)cc2)[C@@H]2CS(=O)(=O)C[C@@H]21. The molecule has 0 bridgehead atoms. The highest BCUT2D eigenvalue weighted by Crippen LogP contribution is 2.28. The third-order valence-corrected chi connectivity index (χ3v) is 7.10. The van der Waals surface area contributed by atoms with E-state index in [2.05, 4.69) is 15.1 Å². The van der Waals surface area contributed by atoms with Crippen LogP contribution in [0.25, 0.3) is 11.3 Å². The molecule has 2 aliphatic heterocycles. The van der Waals surface area contributed by atoms with Gasteiger partial charge in [0.1, 0.15) is 0 Å². The van der Waals surface area contributed by atoms with Crippen LogP contribution in [0.15, 0.2) is 36.5 Å². The zero-order valence-electron chi connectivity index (χ0n) is 14.6. The number of fused-ring (bicyclic) bond motifs is 1. The molecule has 0 spiro atoms. The Balaban J connectivity index is 1.58. The van der Waals surface area contributed by atoms with E-state index in [1.54, 1.807) is 23.2 Å². The number of sulfone groups is 1. The third kappa shape index (κ3) is 3.03. The van der Waals surface area contributed by atoms with Crippen molar-refractivity contribution in [3.63, 3.8) is 0 Å². The van der Waals surface area contributed by atoms with Gasteiger partial charge in [-0.3, -0.25) is 14.8 Å². The quantitative estimate of drug-likeness (QED) is 0.867. The average molecular weight is 374 g/mol. The molecule has 2 aromatic rings. The molecule has 0 aliphatic carbocycles. The van der Waals surface area contributed by atoms with Crippen LogP contribution in [0, 0.1) is 0 Å². The number of rotatable bonds is 3. The second-order valence-corrected chi connectivity index (χ2v) is 9.04. The van der Waals surface area contributed by atoms with E-state index >= 15 is 0 Å². The van der Waals surface area contributed by atoms with Crippen LogP contribution in [-0.4, -0.2) is 77.5 Å². The predicted molar refractivity (Wildman–Crippen MR) is 98.5 cm³/mol. The van der Waals surface area contributed by atoms with Crippen molar-refractivity contribution in [2.45, 2.75) is 19.0 Å². The van der Waals surface area contributed by atoms with Crippen LogP contribution in [0.2, 0.25) is 0 Å². The zero-order valence-corrected chi connectivity index (χ0v) is 15.4. The molecule has 1 aromatic carbocycles. The summed E-state index contributed by atoms with van der Waals surface area (Å²) in [6, 6.07) is 8.87. The van der Waals surface area contributed by atoms with Gasteiger partial charge in [0.15, 0.2) is 9.84 Å². The summed E-state index contributed by atoms with van der Waals surface area (Å²) in [4.78, 5) is 17.0. The van der Waals surface area contributed by atoms with Gasteiger partial charge >= 0.3 is 0 Å². The molecule has 0 saturated carbocycles. The Morgan fingerprint density at radius 2 is 1.88 bits per heavy atom. The standard InChI is InChI=1S/C18H22N4O3S/c1-2-21-9-10-22(17-12-26(24,25)11-16(17)21)18(23)14-5-3-13(4-6-14)15-7-8-19-20-15/h3-8,16-17H,2,9-12H2,1H3,(H,19,20)/t16-,17+/m0/s1. The molecule has 7 nitrogen and oxygen atoms in total. The van der Waals surface area contributed by atoms with Crippen LogP contribution in [-0.2, 0) is 9.84 Å². The molecule has 2 aliphatic rings. The molecule has 1 amide bonds.